The van der Waals surface area contributed by atoms with Gasteiger partial charge in [-0.25, -0.2) is 0 Å². The Morgan fingerprint density at radius 2 is 1.81 bits per heavy atom. The van der Waals surface area contributed by atoms with E-state index in [9.17, 15) is 4.79 Å². The highest BCUT2D eigenvalue weighted by molar-refractivity contribution is 6.37. The van der Waals surface area contributed by atoms with E-state index in [-0.39, 0.29) is 21.6 Å². The van der Waals surface area contributed by atoms with Crippen molar-refractivity contribution in [1.82, 2.24) is 15.2 Å². The SMILES string of the molecule is COc1ccccc1-c1nc(NC(=O)c2cc(Cl)c(OC)c(Cl)c2)n[nH]1. The van der Waals surface area contributed by atoms with Gasteiger partial charge in [0.15, 0.2) is 11.6 Å². The van der Waals surface area contributed by atoms with Gasteiger partial charge in [0.2, 0.25) is 5.95 Å². The van der Waals surface area contributed by atoms with Gasteiger partial charge in [0.1, 0.15) is 5.75 Å². The molecule has 0 radical (unpaired) electrons. The molecule has 0 aliphatic carbocycles. The summed E-state index contributed by atoms with van der Waals surface area (Å²) in [6.45, 7) is 0. The number of aromatic amines is 1. The molecular weight excluding hydrogens is 379 g/mol. The lowest BCUT2D eigenvalue weighted by atomic mass is 10.2. The van der Waals surface area contributed by atoms with Crippen LogP contribution in [0.25, 0.3) is 11.4 Å². The molecule has 3 aromatic rings. The molecule has 0 saturated carbocycles. The van der Waals surface area contributed by atoms with Gasteiger partial charge in [0.25, 0.3) is 5.91 Å². The Kier molecular flexibility index (Phi) is 5.29. The largest absolute Gasteiger partial charge is 0.496 e. The maximum atomic E-state index is 12.4. The first-order valence-corrected chi connectivity index (χ1v) is 8.19. The summed E-state index contributed by atoms with van der Waals surface area (Å²) in [6.07, 6.45) is 0. The minimum absolute atomic E-state index is 0.110. The van der Waals surface area contributed by atoms with Gasteiger partial charge in [-0.1, -0.05) is 35.3 Å². The Morgan fingerprint density at radius 1 is 1.12 bits per heavy atom. The van der Waals surface area contributed by atoms with E-state index in [1.54, 1.807) is 13.2 Å². The molecule has 0 atom stereocenters. The fraction of sp³-hybridized carbons (Fsp3) is 0.118. The number of methoxy groups -OCH3 is 2. The number of hydrogen-bond donors (Lipinski definition) is 2. The fourth-order valence-corrected chi connectivity index (χ4v) is 2.98. The van der Waals surface area contributed by atoms with Gasteiger partial charge in [-0.3, -0.25) is 15.2 Å². The molecular formula is C17H14Cl2N4O3. The first kappa shape index (κ1) is 18.0. The zero-order valence-corrected chi connectivity index (χ0v) is 15.4. The zero-order chi connectivity index (χ0) is 18.7. The van der Waals surface area contributed by atoms with E-state index in [0.29, 0.717) is 17.3 Å². The predicted octanol–water partition coefficient (Wildman–Crippen LogP) is 4.05. The van der Waals surface area contributed by atoms with Crippen molar-refractivity contribution in [2.24, 2.45) is 0 Å². The number of carbonyl (C=O) groups is 1. The Labute approximate surface area is 159 Å². The minimum atomic E-state index is -0.456. The molecule has 0 aliphatic heterocycles. The maximum Gasteiger partial charge on any atom is 0.258 e. The number of aromatic nitrogens is 3. The molecule has 1 aromatic heterocycles. The Morgan fingerprint density at radius 3 is 2.46 bits per heavy atom. The van der Waals surface area contributed by atoms with Crippen molar-refractivity contribution in [3.8, 4) is 22.9 Å². The van der Waals surface area contributed by atoms with Gasteiger partial charge in [-0.15, -0.1) is 5.10 Å². The molecule has 2 aromatic carbocycles. The van der Waals surface area contributed by atoms with Gasteiger partial charge in [0, 0.05) is 5.56 Å². The van der Waals surface area contributed by atoms with E-state index in [1.165, 1.54) is 19.2 Å². The quantitative estimate of drug-likeness (QED) is 0.683. The average Bonchev–Trinajstić information content (AvgIpc) is 3.09. The van der Waals surface area contributed by atoms with Crippen LogP contribution in [-0.4, -0.2) is 35.3 Å². The van der Waals surface area contributed by atoms with Crippen molar-refractivity contribution in [3.05, 3.63) is 52.0 Å². The minimum Gasteiger partial charge on any atom is -0.496 e. The number of hydrogen-bond acceptors (Lipinski definition) is 5. The number of benzene rings is 2. The van der Waals surface area contributed by atoms with Gasteiger partial charge in [-0.05, 0) is 24.3 Å². The van der Waals surface area contributed by atoms with Crippen LogP contribution in [0, 0.1) is 0 Å². The van der Waals surface area contributed by atoms with E-state index in [2.05, 4.69) is 20.5 Å². The molecule has 0 fully saturated rings. The lowest BCUT2D eigenvalue weighted by molar-refractivity contribution is 0.102. The third kappa shape index (κ3) is 3.58. The zero-order valence-electron chi connectivity index (χ0n) is 13.8. The van der Waals surface area contributed by atoms with Crippen molar-refractivity contribution < 1.29 is 14.3 Å². The number of amides is 1. The molecule has 0 bridgehead atoms. The van der Waals surface area contributed by atoms with Crippen LogP contribution in [0.15, 0.2) is 36.4 Å². The molecule has 9 heteroatoms. The van der Waals surface area contributed by atoms with Gasteiger partial charge < -0.3 is 9.47 Å². The lowest BCUT2D eigenvalue weighted by Crippen LogP contribution is -2.13. The average molecular weight is 393 g/mol. The molecule has 3 rings (SSSR count). The van der Waals surface area contributed by atoms with Crippen LogP contribution in [-0.2, 0) is 0 Å². The number of H-pyrrole nitrogens is 1. The second kappa shape index (κ2) is 7.63. The number of halogens is 2. The third-order valence-corrected chi connectivity index (χ3v) is 4.10. The fourth-order valence-electron chi connectivity index (χ4n) is 2.34. The van der Waals surface area contributed by atoms with E-state index in [1.807, 2.05) is 18.2 Å². The Balaban J connectivity index is 1.82. The second-order valence-electron chi connectivity index (χ2n) is 5.14. The van der Waals surface area contributed by atoms with Gasteiger partial charge in [0.05, 0.1) is 29.8 Å². The van der Waals surface area contributed by atoms with Crippen LogP contribution in [0.1, 0.15) is 10.4 Å². The molecule has 0 unspecified atom stereocenters. The molecule has 2 N–H and O–H groups in total. The summed E-state index contributed by atoms with van der Waals surface area (Å²) in [7, 11) is 3.01. The normalized spacial score (nSPS) is 10.5. The number of nitrogens with one attached hydrogen (secondary N) is 2. The Hall–Kier alpha value is -2.77. The molecule has 134 valence electrons. The van der Waals surface area contributed by atoms with Crippen LogP contribution >= 0.6 is 23.2 Å². The lowest BCUT2D eigenvalue weighted by Gasteiger charge is -2.08. The molecule has 1 amide bonds. The van der Waals surface area contributed by atoms with Gasteiger partial charge in [-0.2, -0.15) is 4.98 Å². The molecule has 0 saturated heterocycles. The van der Waals surface area contributed by atoms with E-state index in [4.69, 9.17) is 32.7 Å². The highest BCUT2D eigenvalue weighted by Gasteiger charge is 2.16. The van der Waals surface area contributed by atoms with Crippen molar-refractivity contribution in [2.75, 3.05) is 19.5 Å². The summed E-state index contributed by atoms with van der Waals surface area (Å²) >= 11 is 12.1. The predicted molar refractivity (Wildman–Crippen MR) is 99.3 cm³/mol. The molecule has 26 heavy (non-hydrogen) atoms. The standard InChI is InChI=1S/C17H14Cl2N4O3/c1-25-13-6-4-3-5-10(13)15-20-17(23-22-15)21-16(24)9-7-11(18)14(26-2)12(19)8-9/h3-8H,1-2H3,(H2,20,21,22,23,24). The number of ether oxygens (including phenoxy) is 2. The molecule has 0 spiro atoms. The van der Waals surface area contributed by atoms with E-state index in [0.717, 1.165) is 5.56 Å². The van der Waals surface area contributed by atoms with E-state index < -0.39 is 5.91 Å². The van der Waals surface area contributed by atoms with Crippen LogP contribution in [0.4, 0.5) is 5.95 Å². The van der Waals surface area contributed by atoms with Gasteiger partial charge >= 0.3 is 0 Å². The summed E-state index contributed by atoms with van der Waals surface area (Å²) in [4.78, 5) is 16.7. The topological polar surface area (TPSA) is 89.1 Å². The van der Waals surface area contributed by atoms with Crippen LogP contribution in [0.2, 0.25) is 10.0 Å². The highest BCUT2D eigenvalue weighted by atomic mass is 35.5. The summed E-state index contributed by atoms with van der Waals surface area (Å²) in [5, 5.41) is 9.81. The van der Waals surface area contributed by atoms with Crippen molar-refractivity contribution in [1.29, 1.82) is 0 Å². The number of rotatable bonds is 5. The maximum absolute atomic E-state index is 12.4. The number of carbonyl (C=O) groups excluding carboxylic acids is 1. The summed E-state index contributed by atoms with van der Waals surface area (Å²) in [5.41, 5.74) is 0.975. The van der Waals surface area contributed by atoms with Crippen molar-refractivity contribution in [2.45, 2.75) is 0 Å². The summed E-state index contributed by atoms with van der Waals surface area (Å²) < 4.78 is 10.4. The van der Waals surface area contributed by atoms with Crippen LogP contribution in [0.3, 0.4) is 0 Å². The second-order valence-corrected chi connectivity index (χ2v) is 5.95. The number of para-hydroxylation sites is 1. The van der Waals surface area contributed by atoms with Crippen LogP contribution in [0.5, 0.6) is 11.5 Å². The summed E-state index contributed by atoms with van der Waals surface area (Å²) in [6, 6.07) is 10.2. The third-order valence-electron chi connectivity index (χ3n) is 3.54. The first-order valence-electron chi connectivity index (χ1n) is 7.43. The molecule has 1 heterocycles. The van der Waals surface area contributed by atoms with Crippen LogP contribution < -0.4 is 14.8 Å². The highest BCUT2D eigenvalue weighted by Crippen LogP contribution is 2.34. The van der Waals surface area contributed by atoms with E-state index >= 15 is 0 Å². The van der Waals surface area contributed by atoms with Crippen molar-refractivity contribution in [3.63, 3.8) is 0 Å². The monoisotopic (exact) mass is 392 g/mol. The van der Waals surface area contributed by atoms with Crippen molar-refractivity contribution >= 4 is 35.1 Å². The Bertz CT molecular complexity index is 936. The first-order chi connectivity index (χ1) is 12.5. The number of anilines is 1. The summed E-state index contributed by atoms with van der Waals surface area (Å²) in [5.74, 6) is 1.06. The molecule has 0 aliphatic rings. The smallest absolute Gasteiger partial charge is 0.258 e. The number of nitrogens with zero attached hydrogens (tertiary/aromatic N) is 2. The molecule has 7 nitrogen and oxygen atoms in total.